The Kier molecular flexibility index (Phi) is 9.61. The molecular formula is C4H5N2NaO. The zero-order chi connectivity index (χ0) is 4.24. The van der Waals surface area contributed by atoms with E-state index in [1.165, 1.54) is 6.33 Å². The van der Waals surface area contributed by atoms with Crippen LogP contribution in [-0.2, 0) is 0 Å². The first-order valence-corrected chi connectivity index (χ1v) is 1.70. The van der Waals surface area contributed by atoms with Crippen LogP contribution >= 0.6 is 0 Å². The summed E-state index contributed by atoms with van der Waals surface area (Å²) in [5.41, 5.74) is 0. The van der Waals surface area contributed by atoms with Crippen LogP contribution in [0.4, 0.5) is 0 Å². The SMILES string of the molecule is [Na+].[OH-].c1cncnc1. The van der Waals surface area contributed by atoms with Crippen LogP contribution in [0.1, 0.15) is 0 Å². The fraction of sp³-hybridized carbons (Fsp3) is 0. The topological polar surface area (TPSA) is 55.8 Å². The number of hydrogen-bond donors (Lipinski definition) is 0. The third kappa shape index (κ3) is 4.21. The van der Waals surface area contributed by atoms with Crippen LogP contribution in [0.2, 0.25) is 0 Å². The third-order valence-electron chi connectivity index (χ3n) is 0.478. The molecule has 0 bridgehead atoms. The van der Waals surface area contributed by atoms with E-state index in [2.05, 4.69) is 9.97 Å². The van der Waals surface area contributed by atoms with E-state index in [0.29, 0.717) is 0 Å². The van der Waals surface area contributed by atoms with E-state index in [-0.39, 0.29) is 35.0 Å². The van der Waals surface area contributed by atoms with Crippen molar-refractivity contribution >= 4 is 0 Å². The summed E-state index contributed by atoms with van der Waals surface area (Å²) in [6, 6.07) is 1.78. The molecule has 0 fully saturated rings. The monoisotopic (exact) mass is 120 g/mol. The van der Waals surface area contributed by atoms with Crippen molar-refractivity contribution in [1.29, 1.82) is 0 Å². The second kappa shape index (κ2) is 7.04. The van der Waals surface area contributed by atoms with Crippen LogP contribution in [-0.4, -0.2) is 15.4 Å². The number of hydrogen-bond acceptors (Lipinski definition) is 3. The summed E-state index contributed by atoms with van der Waals surface area (Å²) in [5.74, 6) is 0. The van der Waals surface area contributed by atoms with E-state index in [4.69, 9.17) is 0 Å². The van der Waals surface area contributed by atoms with Gasteiger partial charge in [-0.25, -0.2) is 9.97 Å². The molecule has 0 aliphatic heterocycles. The van der Waals surface area contributed by atoms with Gasteiger partial charge < -0.3 is 5.48 Å². The molecule has 1 aromatic heterocycles. The Labute approximate surface area is 69.8 Å². The smallest absolute Gasteiger partial charge is 0.870 e. The minimum atomic E-state index is 0. The fourth-order valence-corrected chi connectivity index (χ4v) is 0.253. The van der Waals surface area contributed by atoms with Crippen LogP contribution in [0.15, 0.2) is 24.8 Å². The Bertz CT molecular complexity index is 86.0. The van der Waals surface area contributed by atoms with Crippen molar-refractivity contribution in [2.24, 2.45) is 0 Å². The molecule has 3 nitrogen and oxygen atoms in total. The van der Waals surface area contributed by atoms with Crippen LogP contribution in [0.3, 0.4) is 0 Å². The third-order valence-corrected chi connectivity index (χ3v) is 0.478. The molecule has 1 heterocycles. The first-order chi connectivity index (χ1) is 3.00. The molecule has 1 rings (SSSR count). The van der Waals surface area contributed by atoms with Crippen LogP contribution in [0.25, 0.3) is 0 Å². The molecule has 8 heavy (non-hydrogen) atoms. The van der Waals surface area contributed by atoms with Crippen molar-refractivity contribution in [2.45, 2.75) is 0 Å². The van der Waals surface area contributed by atoms with Gasteiger partial charge in [0.25, 0.3) is 0 Å². The van der Waals surface area contributed by atoms with Crippen molar-refractivity contribution < 1.29 is 35.0 Å². The Balaban J connectivity index is 0. The van der Waals surface area contributed by atoms with E-state index in [1.54, 1.807) is 18.5 Å². The summed E-state index contributed by atoms with van der Waals surface area (Å²) < 4.78 is 0. The largest absolute Gasteiger partial charge is 1.00 e. The Morgan fingerprint density at radius 1 is 1.00 bits per heavy atom. The minimum absolute atomic E-state index is 0. The van der Waals surface area contributed by atoms with E-state index in [1.807, 2.05) is 0 Å². The molecule has 0 amide bonds. The number of aromatic nitrogens is 2. The van der Waals surface area contributed by atoms with Gasteiger partial charge in [0.2, 0.25) is 0 Å². The summed E-state index contributed by atoms with van der Waals surface area (Å²) >= 11 is 0. The second-order valence-electron chi connectivity index (χ2n) is 0.904. The molecule has 1 aromatic rings. The van der Waals surface area contributed by atoms with E-state index < -0.39 is 0 Å². The van der Waals surface area contributed by atoms with Gasteiger partial charge in [0, 0.05) is 12.4 Å². The molecule has 0 saturated carbocycles. The first-order valence-electron chi connectivity index (χ1n) is 1.70. The molecule has 0 saturated heterocycles. The zero-order valence-electron chi connectivity index (χ0n) is 4.65. The summed E-state index contributed by atoms with van der Waals surface area (Å²) in [6.07, 6.45) is 4.88. The predicted octanol–water partition coefficient (Wildman–Crippen LogP) is -2.70. The van der Waals surface area contributed by atoms with Gasteiger partial charge in [-0.05, 0) is 6.07 Å². The average Bonchev–Trinajstić information content (AvgIpc) is 1.72. The van der Waals surface area contributed by atoms with Gasteiger partial charge in [-0.15, -0.1) is 0 Å². The maximum absolute atomic E-state index is 3.67. The molecule has 1 N–H and O–H groups in total. The van der Waals surface area contributed by atoms with Gasteiger partial charge in [0.15, 0.2) is 0 Å². The fourth-order valence-electron chi connectivity index (χ4n) is 0.253. The van der Waals surface area contributed by atoms with Crippen molar-refractivity contribution in [2.75, 3.05) is 0 Å². The van der Waals surface area contributed by atoms with Crippen molar-refractivity contribution in [3.63, 3.8) is 0 Å². The van der Waals surface area contributed by atoms with Gasteiger partial charge in [0.1, 0.15) is 6.33 Å². The molecule has 38 valence electrons. The van der Waals surface area contributed by atoms with Crippen molar-refractivity contribution in [1.82, 2.24) is 9.97 Å². The maximum Gasteiger partial charge on any atom is 1.00 e. The normalized spacial score (nSPS) is 6.00. The first kappa shape index (κ1) is 10.9. The van der Waals surface area contributed by atoms with Gasteiger partial charge in [0.05, 0.1) is 0 Å². The molecule has 0 unspecified atom stereocenters. The van der Waals surface area contributed by atoms with Crippen molar-refractivity contribution in [3.8, 4) is 0 Å². The summed E-state index contributed by atoms with van der Waals surface area (Å²) in [7, 11) is 0. The van der Waals surface area contributed by atoms with E-state index in [0.717, 1.165) is 0 Å². The minimum Gasteiger partial charge on any atom is -0.870 e. The standard InChI is InChI=1S/C4H4N2.Na.H2O/c1-2-5-4-6-3-1;;/h1-4H;;1H2/q;+1;/p-1. The van der Waals surface area contributed by atoms with E-state index >= 15 is 0 Å². The zero-order valence-corrected chi connectivity index (χ0v) is 6.65. The van der Waals surface area contributed by atoms with Gasteiger partial charge in [-0.2, -0.15) is 0 Å². The number of nitrogens with zero attached hydrogens (tertiary/aromatic N) is 2. The van der Waals surface area contributed by atoms with Gasteiger partial charge in [-0.1, -0.05) is 0 Å². The number of rotatable bonds is 0. The van der Waals surface area contributed by atoms with Crippen LogP contribution < -0.4 is 29.6 Å². The molecular weight excluding hydrogens is 115 g/mol. The predicted molar refractivity (Wildman–Crippen MR) is 24.0 cm³/mol. The van der Waals surface area contributed by atoms with Gasteiger partial charge >= 0.3 is 29.6 Å². The molecule has 0 atom stereocenters. The Morgan fingerprint density at radius 3 is 1.62 bits per heavy atom. The quantitative estimate of drug-likeness (QED) is 0.350. The van der Waals surface area contributed by atoms with Crippen molar-refractivity contribution in [3.05, 3.63) is 24.8 Å². The summed E-state index contributed by atoms with van der Waals surface area (Å²) in [4.78, 5) is 7.35. The average molecular weight is 120 g/mol. The molecule has 0 aliphatic carbocycles. The van der Waals surface area contributed by atoms with Crippen LogP contribution in [0, 0.1) is 0 Å². The molecule has 0 aromatic carbocycles. The molecule has 0 radical (unpaired) electrons. The molecule has 0 aliphatic rings. The maximum atomic E-state index is 3.67. The summed E-state index contributed by atoms with van der Waals surface area (Å²) in [5, 5.41) is 0. The van der Waals surface area contributed by atoms with E-state index in [9.17, 15) is 0 Å². The van der Waals surface area contributed by atoms with Gasteiger partial charge in [-0.3, -0.25) is 0 Å². The second-order valence-corrected chi connectivity index (χ2v) is 0.904. The molecule has 0 spiro atoms. The summed E-state index contributed by atoms with van der Waals surface area (Å²) in [6.45, 7) is 0. The molecule has 4 heteroatoms. The van der Waals surface area contributed by atoms with Crippen LogP contribution in [0.5, 0.6) is 0 Å². The Morgan fingerprint density at radius 2 is 1.50 bits per heavy atom. The Hall–Kier alpha value is 0.0400.